The average molecular weight is 198 g/mol. The van der Waals surface area contributed by atoms with Crippen molar-refractivity contribution in [2.75, 3.05) is 0 Å². The van der Waals surface area contributed by atoms with Crippen LogP contribution in [0.1, 0.15) is 19.3 Å². The van der Waals surface area contributed by atoms with Crippen LogP contribution in [0.2, 0.25) is 0 Å². The molecule has 3 aliphatic rings. The second-order valence-electron chi connectivity index (χ2n) is 4.54. The Kier molecular flexibility index (Phi) is 1.98. The highest BCUT2D eigenvalue weighted by Crippen LogP contribution is 2.41. The van der Waals surface area contributed by atoms with E-state index in [9.17, 15) is 4.79 Å². The minimum absolute atomic E-state index is 0.407. The third-order valence-electron chi connectivity index (χ3n) is 3.64. The zero-order valence-electron chi connectivity index (χ0n) is 8.65. The molecule has 0 aromatic rings. The zero-order valence-corrected chi connectivity index (χ0v) is 8.65. The Morgan fingerprint density at radius 1 is 1.20 bits per heavy atom. The number of ketones is 1. The van der Waals surface area contributed by atoms with Crippen molar-refractivity contribution in [3.05, 3.63) is 47.6 Å². The van der Waals surface area contributed by atoms with Gasteiger partial charge in [0.05, 0.1) is 0 Å². The molecule has 1 fully saturated rings. The molecule has 0 spiro atoms. The van der Waals surface area contributed by atoms with E-state index in [0.29, 0.717) is 24.0 Å². The molecule has 0 aliphatic heterocycles. The molecule has 0 heterocycles. The standard InChI is InChI=1S/C14H14O/c15-12-7-8-14-11(9-12)6-5-10-3-1-2-4-13(10)14/h1-6,13-14H,7-9H2. The molecule has 1 nitrogen and oxygen atoms in total. The lowest BCUT2D eigenvalue weighted by Crippen LogP contribution is -2.26. The molecule has 1 heteroatoms. The molecule has 0 amide bonds. The summed E-state index contributed by atoms with van der Waals surface area (Å²) in [6.07, 6.45) is 15.5. The van der Waals surface area contributed by atoms with Gasteiger partial charge in [0.2, 0.25) is 0 Å². The molecular weight excluding hydrogens is 184 g/mol. The smallest absolute Gasteiger partial charge is 0.136 e. The molecule has 3 rings (SSSR count). The van der Waals surface area contributed by atoms with Gasteiger partial charge in [-0.2, -0.15) is 0 Å². The first-order chi connectivity index (χ1) is 7.34. The number of hydrogen-bond acceptors (Lipinski definition) is 1. The van der Waals surface area contributed by atoms with Gasteiger partial charge in [-0.05, 0) is 17.9 Å². The van der Waals surface area contributed by atoms with Crippen molar-refractivity contribution < 1.29 is 4.79 Å². The van der Waals surface area contributed by atoms with Crippen molar-refractivity contribution in [1.29, 1.82) is 0 Å². The molecule has 1 saturated carbocycles. The summed E-state index contributed by atoms with van der Waals surface area (Å²) in [4.78, 5) is 11.4. The summed E-state index contributed by atoms with van der Waals surface area (Å²) in [5, 5.41) is 0. The van der Waals surface area contributed by atoms with Gasteiger partial charge in [0.25, 0.3) is 0 Å². The first-order valence-electron chi connectivity index (χ1n) is 5.62. The highest BCUT2D eigenvalue weighted by atomic mass is 16.1. The van der Waals surface area contributed by atoms with Crippen molar-refractivity contribution in [3.63, 3.8) is 0 Å². The number of carbonyl (C=O) groups excluding carboxylic acids is 1. The van der Waals surface area contributed by atoms with E-state index in [1.807, 2.05) is 0 Å². The number of carbonyl (C=O) groups is 1. The van der Waals surface area contributed by atoms with E-state index in [1.54, 1.807) is 0 Å². The molecule has 76 valence electrons. The third-order valence-corrected chi connectivity index (χ3v) is 3.64. The van der Waals surface area contributed by atoms with Crippen molar-refractivity contribution in [1.82, 2.24) is 0 Å². The van der Waals surface area contributed by atoms with Gasteiger partial charge in [-0.3, -0.25) is 4.79 Å². The van der Waals surface area contributed by atoms with E-state index < -0.39 is 0 Å². The summed E-state index contributed by atoms with van der Waals surface area (Å²) in [6.45, 7) is 0. The minimum Gasteiger partial charge on any atom is -0.299 e. The van der Waals surface area contributed by atoms with E-state index in [2.05, 4.69) is 36.5 Å². The van der Waals surface area contributed by atoms with Crippen molar-refractivity contribution >= 4 is 5.78 Å². The Morgan fingerprint density at radius 3 is 3.07 bits per heavy atom. The topological polar surface area (TPSA) is 17.1 Å². The maximum absolute atomic E-state index is 11.4. The van der Waals surface area contributed by atoms with Gasteiger partial charge in [0.15, 0.2) is 0 Å². The van der Waals surface area contributed by atoms with E-state index in [-0.39, 0.29) is 0 Å². The Hall–Kier alpha value is -1.37. The van der Waals surface area contributed by atoms with E-state index in [0.717, 1.165) is 12.8 Å². The maximum Gasteiger partial charge on any atom is 0.136 e. The van der Waals surface area contributed by atoms with E-state index in [1.165, 1.54) is 11.1 Å². The fourth-order valence-corrected chi connectivity index (χ4v) is 2.85. The SMILES string of the molecule is O=C1CCC2C(=CC=C3C=CC=CC32)C1. The Labute approximate surface area is 89.9 Å². The van der Waals surface area contributed by atoms with Gasteiger partial charge >= 0.3 is 0 Å². The molecule has 0 aromatic carbocycles. The molecular formula is C14H14O. The van der Waals surface area contributed by atoms with Gasteiger partial charge in [-0.1, -0.05) is 42.0 Å². The Bertz CT molecular complexity index is 421. The van der Waals surface area contributed by atoms with Crippen LogP contribution in [0.5, 0.6) is 0 Å². The fourth-order valence-electron chi connectivity index (χ4n) is 2.85. The summed E-state index contributed by atoms with van der Waals surface area (Å²) in [5.41, 5.74) is 2.75. The maximum atomic E-state index is 11.4. The van der Waals surface area contributed by atoms with Gasteiger partial charge in [0.1, 0.15) is 5.78 Å². The summed E-state index contributed by atoms with van der Waals surface area (Å²) >= 11 is 0. The number of allylic oxidation sites excluding steroid dienone is 8. The molecule has 0 N–H and O–H groups in total. The lowest BCUT2D eigenvalue weighted by atomic mass is 9.69. The minimum atomic E-state index is 0.407. The highest BCUT2D eigenvalue weighted by Gasteiger charge is 2.32. The van der Waals surface area contributed by atoms with Crippen LogP contribution < -0.4 is 0 Å². The van der Waals surface area contributed by atoms with Gasteiger partial charge in [-0.15, -0.1) is 0 Å². The number of rotatable bonds is 0. The van der Waals surface area contributed by atoms with Crippen LogP contribution in [-0.2, 0) is 4.79 Å². The number of fused-ring (bicyclic) bond motifs is 3. The second kappa shape index (κ2) is 3.34. The predicted molar refractivity (Wildman–Crippen MR) is 60.3 cm³/mol. The Balaban J connectivity index is 1.98. The number of Topliss-reactive ketones (excluding diaryl/α,β-unsaturated/α-hetero) is 1. The van der Waals surface area contributed by atoms with Crippen LogP contribution >= 0.6 is 0 Å². The molecule has 0 saturated heterocycles. The van der Waals surface area contributed by atoms with Gasteiger partial charge < -0.3 is 0 Å². The molecule has 2 atom stereocenters. The summed E-state index contributed by atoms with van der Waals surface area (Å²) in [6, 6.07) is 0. The van der Waals surface area contributed by atoms with Gasteiger partial charge in [0, 0.05) is 18.8 Å². The summed E-state index contributed by atoms with van der Waals surface area (Å²) in [7, 11) is 0. The zero-order chi connectivity index (χ0) is 10.3. The van der Waals surface area contributed by atoms with Crippen molar-refractivity contribution in [2.45, 2.75) is 19.3 Å². The van der Waals surface area contributed by atoms with Crippen molar-refractivity contribution in [3.8, 4) is 0 Å². The molecule has 0 aromatic heterocycles. The van der Waals surface area contributed by atoms with Crippen LogP contribution in [0.4, 0.5) is 0 Å². The average Bonchev–Trinajstić information content (AvgIpc) is 2.28. The second-order valence-corrected chi connectivity index (χ2v) is 4.54. The molecule has 2 unspecified atom stereocenters. The van der Waals surface area contributed by atoms with Crippen LogP contribution in [0.25, 0.3) is 0 Å². The molecule has 0 bridgehead atoms. The first-order valence-corrected chi connectivity index (χ1v) is 5.62. The molecule has 15 heavy (non-hydrogen) atoms. The summed E-state index contributed by atoms with van der Waals surface area (Å²) < 4.78 is 0. The highest BCUT2D eigenvalue weighted by molar-refractivity contribution is 5.82. The third kappa shape index (κ3) is 1.43. The quantitative estimate of drug-likeness (QED) is 0.585. The molecule has 3 aliphatic carbocycles. The van der Waals surface area contributed by atoms with Crippen LogP contribution in [0.15, 0.2) is 47.6 Å². The van der Waals surface area contributed by atoms with E-state index >= 15 is 0 Å². The largest absolute Gasteiger partial charge is 0.299 e. The fraction of sp³-hybridized carbons (Fsp3) is 0.357. The first kappa shape index (κ1) is 8.90. The van der Waals surface area contributed by atoms with E-state index in [4.69, 9.17) is 0 Å². The van der Waals surface area contributed by atoms with Crippen LogP contribution in [0.3, 0.4) is 0 Å². The van der Waals surface area contributed by atoms with Crippen LogP contribution in [0, 0.1) is 11.8 Å². The predicted octanol–water partition coefficient (Wildman–Crippen LogP) is 2.96. The monoisotopic (exact) mass is 198 g/mol. The molecule has 0 radical (unpaired) electrons. The lowest BCUT2D eigenvalue weighted by molar-refractivity contribution is -0.119. The Morgan fingerprint density at radius 2 is 2.13 bits per heavy atom. The van der Waals surface area contributed by atoms with Crippen LogP contribution in [-0.4, -0.2) is 5.78 Å². The number of hydrogen-bond donors (Lipinski definition) is 0. The van der Waals surface area contributed by atoms with Gasteiger partial charge in [-0.25, -0.2) is 0 Å². The van der Waals surface area contributed by atoms with Crippen molar-refractivity contribution in [2.24, 2.45) is 11.8 Å². The summed E-state index contributed by atoms with van der Waals surface area (Å²) in [5.74, 6) is 1.52. The lowest BCUT2D eigenvalue weighted by Gasteiger charge is -2.34. The normalized spacial score (nSPS) is 32.9.